The van der Waals surface area contributed by atoms with Crippen molar-refractivity contribution in [1.82, 2.24) is 15.3 Å². The van der Waals surface area contributed by atoms with Gasteiger partial charge in [0.15, 0.2) is 0 Å². The van der Waals surface area contributed by atoms with Crippen LogP contribution in [0.2, 0.25) is 0 Å². The number of benzene rings is 1. The minimum absolute atomic E-state index is 0.131. The van der Waals surface area contributed by atoms with Crippen LogP contribution in [0.1, 0.15) is 41.9 Å². The third kappa shape index (κ3) is 3.56. The molecule has 5 nitrogen and oxygen atoms in total. The van der Waals surface area contributed by atoms with Crippen LogP contribution in [0.3, 0.4) is 0 Å². The minimum atomic E-state index is -0.146. The van der Waals surface area contributed by atoms with Crippen LogP contribution in [0.15, 0.2) is 42.7 Å². The van der Waals surface area contributed by atoms with Crippen LogP contribution in [0.5, 0.6) is 0 Å². The zero-order chi connectivity index (χ0) is 14.7. The molecule has 1 aromatic carbocycles. The largest absolute Gasteiger partial charge is 0.362 e. The molecule has 2 aromatic rings. The van der Waals surface area contributed by atoms with Crippen LogP contribution in [-0.4, -0.2) is 21.9 Å². The number of carbonyl (C=O) groups excluding carboxylic acids is 1. The van der Waals surface area contributed by atoms with Gasteiger partial charge in [-0.2, -0.15) is 0 Å². The van der Waals surface area contributed by atoms with Crippen molar-refractivity contribution in [2.75, 3.05) is 5.32 Å². The van der Waals surface area contributed by atoms with E-state index < -0.39 is 0 Å². The Bertz CT molecular complexity index is 608. The molecule has 3 rings (SSSR count). The van der Waals surface area contributed by atoms with E-state index in [0.29, 0.717) is 17.6 Å². The van der Waals surface area contributed by atoms with Crippen LogP contribution < -0.4 is 10.6 Å². The van der Waals surface area contributed by atoms with Crippen LogP contribution in [-0.2, 0) is 0 Å². The normalized spacial score (nSPS) is 15.3. The van der Waals surface area contributed by atoms with Gasteiger partial charge in [-0.3, -0.25) is 4.79 Å². The fraction of sp³-hybridized carbons (Fsp3) is 0.312. The zero-order valence-corrected chi connectivity index (χ0v) is 11.9. The minimum Gasteiger partial charge on any atom is -0.362 e. The Balaban J connectivity index is 1.62. The van der Waals surface area contributed by atoms with E-state index in [1.807, 2.05) is 18.2 Å². The molecule has 0 saturated heterocycles. The number of rotatable bonds is 5. The molecular formula is C16H18N4O. The summed E-state index contributed by atoms with van der Waals surface area (Å²) in [6, 6.07) is 10.6. The highest BCUT2D eigenvalue weighted by Crippen LogP contribution is 2.19. The average Bonchev–Trinajstić information content (AvgIpc) is 3.33. The van der Waals surface area contributed by atoms with E-state index in [0.717, 1.165) is 12.8 Å². The number of hydrogen-bond acceptors (Lipinski definition) is 4. The lowest BCUT2D eigenvalue weighted by atomic mass is 10.1. The molecule has 1 heterocycles. The number of hydrogen-bond donors (Lipinski definition) is 2. The molecule has 21 heavy (non-hydrogen) atoms. The van der Waals surface area contributed by atoms with Crippen LogP contribution >= 0.6 is 0 Å². The van der Waals surface area contributed by atoms with E-state index in [2.05, 4.69) is 39.7 Å². The number of nitrogens with one attached hydrogen (secondary N) is 2. The van der Waals surface area contributed by atoms with Gasteiger partial charge in [0.2, 0.25) is 0 Å². The predicted octanol–water partition coefficient (Wildman–Crippen LogP) is 2.54. The van der Waals surface area contributed by atoms with Gasteiger partial charge in [0.1, 0.15) is 11.5 Å². The van der Waals surface area contributed by atoms with Crippen molar-refractivity contribution in [2.45, 2.75) is 31.8 Å². The molecule has 1 aliphatic carbocycles. The lowest BCUT2D eigenvalue weighted by molar-refractivity contribution is 0.0945. The first-order valence-electron chi connectivity index (χ1n) is 7.17. The van der Waals surface area contributed by atoms with Gasteiger partial charge in [-0.25, -0.2) is 9.97 Å². The molecule has 1 fully saturated rings. The number of anilines is 1. The van der Waals surface area contributed by atoms with Crippen LogP contribution in [0.25, 0.3) is 0 Å². The summed E-state index contributed by atoms with van der Waals surface area (Å²) >= 11 is 0. The molecule has 0 bridgehead atoms. The molecule has 1 atom stereocenters. The highest BCUT2D eigenvalue weighted by Gasteiger charge is 2.24. The van der Waals surface area contributed by atoms with Crippen molar-refractivity contribution < 1.29 is 4.79 Å². The lowest BCUT2D eigenvalue weighted by Crippen LogP contribution is -2.26. The summed E-state index contributed by atoms with van der Waals surface area (Å²) in [5, 5.41) is 6.17. The van der Waals surface area contributed by atoms with Gasteiger partial charge in [0.05, 0.1) is 12.4 Å². The molecule has 0 spiro atoms. The molecule has 0 radical (unpaired) electrons. The first-order valence-corrected chi connectivity index (χ1v) is 7.17. The monoisotopic (exact) mass is 282 g/mol. The molecule has 1 unspecified atom stereocenters. The topological polar surface area (TPSA) is 66.9 Å². The molecule has 108 valence electrons. The van der Waals surface area contributed by atoms with Gasteiger partial charge < -0.3 is 10.6 Å². The van der Waals surface area contributed by atoms with Crippen LogP contribution in [0, 0.1) is 0 Å². The number of amides is 1. The van der Waals surface area contributed by atoms with Gasteiger partial charge in [-0.15, -0.1) is 0 Å². The molecule has 0 aliphatic heterocycles. The first-order chi connectivity index (χ1) is 10.2. The number of carbonyl (C=O) groups is 1. The van der Waals surface area contributed by atoms with Gasteiger partial charge in [0, 0.05) is 12.1 Å². The van der Waals surface area contributed by atoms with E-state index in [4.69, 9.17) is 0 Å². The highest BCUT2D eigenvalue weighted by molar-refractivity contribution is 5.92. The molecule has 1 saturated carbocycles. The summed E-state index contributed by atoms with van der Waals surface area (Å²) in [4.78, 5) is 20.2. The number of nitrogens with zero attached hydrogens (tertiary/aromatic N) is 2. The van der Waals surface area contributed by atoms with Crippen molar-refractivity contribution in [3.8, 4) is 0 Å². The Morgan fingerprint density at radius 1 is 1.19 bits per heavy atom. The third-order valence-electron chi connectivity index (χ3n) is 3.46. The van der Waals surface area contributed by atoms with Crippen molar-refractivity contribution in [3.63, 3.8) is 0 Å². The Kier molecular flexibility index (Phi) is 3.81. The fourth-order valence-corrected chi connectivity index (χ4v) is 2.05. The number of aromatic nitrogens is 2. The Labute approximate surface area is 123 Å². The van der Waals surface area contributed by atoms with Crippen molar-refractivity contribution in [1.29, 1.82) is 0 Å². The van der Waals surface area contributed by atoms with Gasteiger partial charge >= 0.3 is 0 Å². The van der Waals surface area contributed by atoms with E-state index in [1.165, 1.54) is 11.8 Å². The molecule has 1 amide bonds. The lowest BCUT2D eigenvalue weighted by Gasteiger charge is -2.14. The Morgan fingerprint density at radius 3 is 2.57 bits per heavy atom. The SMILES string of the molecule is CC(Nc1cnc(C(=O)NC2CC2)cn1)c1ccccc1. The van der Waals surface area contributed by atoms with Gasteiger partial charge in [-0.1, -0.05) is 30.3 Å². The van der Waals surface area contributed by atoms with Crippen molar-refractivity contribution in [3.05, 3.63) is 54.0 Å². The smallest absolute Gasteiger partial charge is 0.271 e. The summed E-state index contributed by atoms with van der Waals surface area (Å²) in [5.41, 5.74) is 1.54. The zero-order valence-electron chi connectivity index (χ0n) is 11.9. The molecule has 1 aromatic heterocycles. The standard InChI is InChI=1S/C16H18N4O/c1-11(12-5-3-2-4-6-12)19-15-10-17-14(9-18-15)16(21)20-13-7-8-13/h2-6,9-11,13H,7-8H2,1H3,(H,18,19)(H,20,21). The summed E-state index contributed by atoms with van der Waals surface area (Å²) < 4.78 is 0. The second kappa shape index (κ2) is 5.91. The van der Waals surface area contributed by atoms with E-state index >= 15 is 0 Å². The maximum atomic E-state index is 11.8. The maximum Gasteiger partial charge on any atom is 0.271 e. The quantitative estimate of drug-likeness (QED) is 0.884. The molecule has 1 aliphatic rings. The maximum absolute atomic E-state index is 11.8. The van der Waals surface area contributed by atoms with Crippen LogP contribution in [0.4, 0.5) is 5.82 Å². The van der Waals surface area contributed by atoms with E-state index in [1.54, 1.807) is 6.20 Å². The summed E-state index contributed by atoms with van der Waals surface area (Å²) in [7, 11) is 0. The van der Waals surface area contributed by atoms with Gasteiger partial charge in [0.25, 0.3) is 5.91 Å². The Hall–Kier alpha value is -2.43. The second-order valence-corrected chi connectivity index (χ2v) is 5.31. The van der Waals surface area contributed by atoms with Gasteiger partial charge in [-0.05, 0) is 25.3 Å². The van der Waals surface area contributed by atoms with Crippen molar-refractivity contribution in [2.24, 2.45) is 0 Å². The fourth-order valence-electron chi connectivity index (χ4n) is 2.05. The molecule has 2 N–H and O–H groups in total. The summed E-state index contributed by atoms with van der Waals surface area (Å²) in [6.07, 6.45) is 5.24. The summed E-state index contributed by atoms with van der Waals surface area (Å²) in [5.74, 6) is 0.516. The second-order valence-electron chi connectivity index (χ2n) is 5.31. The molecular weight excluding hydrogens is 264 g/mol. The predicted molar refractivity (Wildman–Crippen MR) is 81.0 cm³/mol. The summed E-state index contributed by atoms with van der Waals surface area (Å²) in [6.45, 7) is 2.06. The van der Waals surface area contributed by atoms with E-state index in [9.17, 15) is 4.79 Å². The Morgan fingerprint density at radius 2 is 1.95 bits per heavy atom. The highest BCUT2D eigenvalue weighted by atomic mass is 16.2. The molecule has 5 heteroatoms. The first kappa shape index (κ1) is 13.5. The van der Waals surface area contributed by atoms with Crippen molar-refractivity contribution >= 4 is 11.7 Å². The average molecular weight is 282 g/mol. The third-order valence-corrected chi connectivity index (χ3v) is 3.46. The van der Waals surface area contributed by atoms with E-state index in [-0.39, 0.29) is 11.9 Å².